The molecule has 0 aliphatic carbocycles. The summed E-state index contributed by atoms with van der Waals surface area (Å²) in [6, 6.07) is 12.0. The van der Waals surface area contributed by atoms with Crippen molar-refractivity contribution in [1.29, 1.82) is 0 Å². The molecule has 2 heterocycles. The molecule has 0 fully saturated rings. The van der Waals surface area contributed by atoms with Crippen molar-refractivity contribution in [2.75, 3.05) is 21.5 Å². The van der Waals surface area contributed by atoms with Crippen LogP contribution in [0.3, 0.4) is 0 Å². The monoisotopic (exact) mass is 442 g/mol. The number of anilines is 4. The zero-order valence-electron chi connectivity index (χ0n) is 16.7. The lowest BCUT2D eigenvalue weighted by Gasteiger charge is -2.28. The normalized spacial score (nSPS) is 13.6. The fourth-order valence-corrected chi connectivity index (χ4v) is 5.29. The summed E-state index contributed by atoms with van der Waals surface area (Å²) in [6.07, 6.45) is 1.56. The summed E-state index contributed by atoms with van der Waals surface area (Å²) in [5, 5.41) is 5.87. The van der Waals surface area contributed by atoms with Gasteiger partial charge in [-0.15, -0.1) is 11.3 Å². The fraction of sp³-hybridized carbons (Fsp3) is 0.238. The summed E-state index contributed by atoms with van der Waals surface area (Å²) in [5.74, 6) is -0.0376. The molecule has 0 saturated heterocycles. The second-order valence-corrected chi connectivity index (χ2v) is 9.71. The van der Waals surface area contributed by atoms with Crippen LogP contribution in [0.1, 0.15) is 24.6 Å². The van der Waals surface area contributed by atoms with Crippen molar-refractivity contribution in [3.05, 3.63) is 59.1 Å². The maximum atomic E-state index is 13.0. The molecule has 2 aromatic carbocycles. The smallest absolute Gasteiger partial charge is 0.261 e. The molecule has 4 rings (SSSR count). The predicted molar refractivity (Wildman–Crippen MR) is 120 cm³/mol. The quantitative estimate of drug-likeness (QED) is 0.615. The third-order valence-corrected chi connectivity index (χ3v) is 7.10. The Morgan fingerprint density at radius 3 is 2.70 bits per heavy atom. The first-order valence-corrected chi connectivity index (χ1v) is 11.9. The van der Waals surface area contributed by atoms with E-state index in [9.17, 15) is 13.2 Å². The fourth-order valence-electron chi connectivity index (χ4n) is 3.48. The van der Waals surface area contributed by atoms with Crippen LogP contribution < -0.4 is 14.9 Å². The Balaban J connectivity index is 1.56. The van der Waals surface area contributed by atoms with Crippen molar-refractivity contribution in [1.82, 2.24) is 4.98 Å². The summed E-state index contributed by atoms with van der Waals surface area (Å²) >= 11 is 1.49. The summed E-state index contributed by atoms with van der Waals surface area (Å²) in [7, 11) is -3.76. The summed E-state index contributed by atoms with van der Waals surface area (Å²) in [4.78, 5) is 18.1. The van der Waals surface area contributed by atoms with Crippen molar-refractivity contribution in [3.63, 3.8) is 0 Å². The van der Waals surface area contributed by atoms with E-state index in [1.54, 1.807) is 41.3 Å². The average Bonchev–Trinajstić information content (AvgIpc) is 3.11. The number of benzene rings is 2. The first-order valence-electron chi connectivity index (χ1n) is 9.55. The van der Waals surface area contributed by atoms with Gasteiger partial charge in [0.05, 0.1) is 16.3 Å². The SMILES string of the molecule is CC(=O)N1CCCc2cc(S(=O)(=O)Nc3cccc(Nc4nc(C)cs4)c3)ccc21. The highest BCUT2D eigenvalue weighted by molar-refractivity contribution is 7.92. The number of aromatic nitrogens is 1. The van der Waals surface area contributed by atoms with Gasteiger partial charge in [0.15, 0.2) is 5.13 Å². The Morgan fingerprint density at radius 2 is 1.97 bits per heavy atom. The van der Waals surface area contributed by atoms with Crippen LogP contribution in [0, 0.1) is 6.92 Å². The Kier molecular flexibility index (Phi) is 5.48. The minimum absolute atomic E-state index is 0.0376. The number of nitrogens with one attached hydrogen (secondary N) is 2. The molecule has 0 spiro atoms. The van der Waals surface area contributed by atoms with Gasteiger partial charge in [0.25, 0.3) is 10.0 Å². The zero-order valence-corrected chi connectivity index (χ0v) is 18.3. The molecule has 1 amide bonds. The Hall–Kier alpha value is -2.91. The number of carbonyl (C=O) groups excluding carboxylic acids is 1. The number of aryl methyl sites for hydroxylation is 2. The van der Waals surface area contributed by atoms with E-state index in [0.717, 1.165) is 40.6 Å². The molecule has 30 heavy (non-hydrogen) atoms. The highest BCUT2D eigenvalue weighted by Gasteiger charge is 2.23. The molecule has 1 aromatic heterocycles. The molecule has 1 aliphatic rings. The Morgan fingerprint density at radius 1 is 1.17 bits per heavy atom. The molecule has 1 aliphatic heterocycles. The highest BCUT2D eigenvalue weighted by atomic mass is 32.2. The molecule has 0 radical (unpaired) electrons. The number of thiazole rings is 1. The van der Waals surface area contributed by atoms with E-state index in [1.807, 2.05) is 18.4 Å². The van der Waals surface area contributed by atoms with Gasteiger partial charge in [-0.25, -0.2) is 13.4 Å². The number of hydrogen-bond donors (Lipinski definition) is 2. The molecular formula is C21H22N4O3S2. The van der Waals surface area contributed by atoms with E-state index in [2.05, 4.69) is 15.0 Å². The largest absolute Gasteiger partial charge is 0.331 e. The maximum absolute atomic E-state index is 13.0. The molecule has 156 valence electrons. The van der Waals surface area contributed by atoms with E-state index >= 15 is 0 Å². The second-order valence-electron chi connectivity index (χ2n) is 7.17. The van der Waals surface area contributed by atoms with Gasteiger partial charge in [0, 0.05) is 30.2 Å². The molecule has 7 nitrogen and oxygen atoms in total. The summed E-state index contributed by atoms with van der Waals surface area (Å²) < 4.78 is 28.5. The first kappa shape index (κ1) is 20.4. The second kappa shape index (κ2) is 8.08. The van der Waals surface area contributed by atoms with Gasteiger partial charge in [-0.2, -0.15) is 0 Å². The van der Waals surface area contributed by atoms with E-state index < -0.39 is 10.0 Å². The number of hydrogen-bond acceptors (Lipinski definition) is 6. The molecule has 0 atom stereocenters. The lowest BCUT2D eigenvalue weighted by atomic mass is 10.0. The Labute approximate surface area is 179 Å². The Bertz CT molecular complexity index is 1200. The molecule has 3 aromatic rings. The van der Waals surface area contributed by atoms with Crippen LogP contribution in [0.15, 0.2) is 52.7 Å². The average molecular weight is 443 g/mol. The van der Waals surface area contributed by atoms with Crippen LogP contribution in [0.5, 0.6) is 0 Å². The third-order valence-electron chi connectivity index (χ3n) is 4.85. The van der Waals surface area contributed by atoms with Crippen LogP contribution in [-0.4, -0.2) is 25.9 Å². The molecule has 0 bridgehead atoms. The van der Waals surface area contributed by atoms with Gasteiger partial charge in [-0.05, 0) is 61.7 Å². The van der Waals surface area contributed by atoms with Crippen molar-refractivity contribution >= 4 is 49.5 Å². The molecule has 9 heteroatoms. The summed E-state index contributed by atoms with van der Waals surface area (Å²) in [6.45, 7) is 4.10. The van der Waals surface area contributed by atoms with Crippen molar-refractivity contribution in [3.8, 4) is 0 Å². The van der Waals surface area contributed by atoms with E-state index in [1.165, 1.54) is 18.3 Å². The van der Waals surface area contributed by atoms with E-state index in [-0.39, 0.29) is 10.8 Å². The maximum Gasteiger partial charge on any atom is 0.261 e. The van der Waals surface area contributed by atoms with Gasteiger partial charge >= 0.3 is 0 Å². The van der Waals surface area contributed by atoms with Crippen molar-refractivity contribution < 1.29 is 13.2 Å². The van der Waals surface area contributed by atoms with Crippen LogP contribution in [0.2, 0.25) is 0 Å². The van der Waals surface area contributed by atoms with Crippen LogP contribution in [0.25, 0.3) is 0 Å². The summed E-state index contributed by atoms with van der Waals surface area (Å²) in [5.41, 5.74) is 3.78. The van der Waals surface area contributed by atoms with Gasteiger partial charge in [-0.3, -0.25) is 9.52 Å². The first-order chi connectivity index (χ1) is 14.3. The number of carbonyl (C=O) groups is 1. The van der Waals surface area contributed by atoms with Gasteiger partial charge < -0.3 is 10.2 Å². The molecule has 2 N–H and O–H groups in total. The van der Waals surface area contributed by atoms with Gasteiger partial charge in [0.1, 0.15) is 0 Å². The number of sulfonamides is 1. The van der Waals surface area contributed by atoms with Gasteiger partial charge in [0.2, 0.25) is 5.91 Å². The minimum atomic E-state index is -3.76. The molecular weight excluding hydrogens is 420 g/mol. The van der Waals surface area contributed by atoms with Gasteiger partial charge in [-0.1, -0.05) is 6.07 Å². The standard InChI is InChI=1S/C21H22N4O3S2/c1-14-13-29-21(22-14)23-17-6-3-7-18(12-17)24-30(27,28)19-8-9-20-16(11-19)5-4-10-25(20)15(2)26/h3,6-9,11-13,24H,4-5,10H2,1-2H3,(H,22,23). The van der Waals surface area contributed by atoms with Crippen LogP contribution in [0.4, 0.5) is 22.2 Å². The number of fused-ring (bicyclic) bond motifs is 1. The van der Waals surface area contributed by atoms with Crippen LogP contribution >= 0.6 is 11.3 Å². The predicted octanol–water partition coefficient (Wildman–Crippen LogP) is 4.30. The minimum Gasteiger partial charge on any atom is -0.331 e. The van der Waals surface area contributed by atoms with E-state index in [4.69, 9.17) is 0 Å². The zero-order chi connectivity index (χ0) is 21.3. The van der Waals surface area contributed by atoms with E-state index in [0.29, 0.717) is 12.2 Å². The molecule has 0 unspecified atom stereocenters. The van der Waals surface area contributed by atoms with Crippen molar-refractivity contribution in [2.45, 2.75) is 31.6 Å². The highest BCUT2D eigenvalue weighted by Crippen LogP contribution is 2.30. The number of amides is 1. The van der Waals surface area contributed by atoms with Crippen molar-refractivity contribution in [2.24, 2.45) is 0 Å². The number of rotatable bonds is 5. The topological polar surface area (TPSA) is 91.4 Å². The van der Waals surface area contributed by atoms with Crippen LogP contribution in [-0.2, 0) is 21.2 Å². The molecule has 0 saturated carbocycles. The third kappa shape index (κ3) is 4.31. The lowest BCUT2D eigenvalue weighted by molar-refractivity contribution is -0.116. The lowest BCUT2D eigenvalue weighted by Crippen LogP contribution is -2.33. The number of nitrogens with zero attached hydrogens (tertiary/aromatic N) is 2.